The first-order chi connectivity index (χ1) is 20.8. The first kappa shape index (κ1) is 33.8. The van der Waals surface area contributed by atoms with E-state index in [0.717, 1.165) is 18.2 Å². The summed E-state index contributed by atoms with van der Waals surface area (Å²) in [7, 11) is 1.40. The number of fused-ring (bicyclic) bond motifs is 1. The molecular weight excluding hydrogens is 613 g/mol. The summed E-state index contributed by atoms with van der Waals surface area (Å²) in [6.45, 7) is 2.73. The van der Waals surface area contributed by atoms with Crippen LogP contribution in [0.15, 0.2) is 42.5 Å². The summed E-state index contributed by atoms with van der Waals surface area (Å²) in [6, 6.07) is 7.62. The maximum atomic E-state index is 14.3. The zero-order valence-corrected chi connectivity index (χ0v) is 24.7. The normalized spacial score (nSPS) is 21.1. The molecule has 0 spiro atoms. The van der Waals surface area contributed by atoms with Crippen molar-refractivity contribution in [2.24, 2.45) is 11.8 Å². The average Bonchev–Trinajstić information content (AvgIpc) is 3.03. The molecule has 2 aromatic rings. The Morgan fingerprint density at radius 3 is 2.13 bits per heavy atom. The molecule has 1 heterocycles. The summed E-state index contributed by atoms with van der Waals surface area (Å²) < 4.78 is 95.0. The molecule has 3 amide bonds. The van der Waals surface area contributed by atoms with Crippen LogP contribution in [-0.4, -0.2) is 55.4 Å². The van der Waals surface area contributed by atoms with E-state index in [1.165, 1.54) is 50.1 Å². The van der Waals surface area contributed by atoms with Gasteiger partial charge in [0.25, 0.3) is 5.91 Å². The van der Waals surface area contributed by atoms with E-state index in [9.17, 15) is 45.1 Å². The van der Waals surface area contributed by atoms with Crippen molar-refractivity contribution < 1.29 is 49.9 Å². The Hall–Kier alpha value is -4.04. The molecule has 1 aliphatic heterocycles. The molecule has 0 radical (unpaired) electrons. The molecule has 2 aromatic carbocycles. The molecule has 4 rings (SSSR count). The van der Waals surface area contributed by atoms with Gasteiger partial charge in [-0.05, 0) is 75.4 Å². The van der Waals surface area contributed by atoms with Gasteiger partial charge in [0.1, 0.15) is 23.1 Å². The average molecular weight is 647 g/mol. The molecule has 0 unspecified atom stereocenters. The number of hydrogen-bond donors (Lipinski definition) is 2. The van der Waals surface area contributed by atoms with Crippen molar-refractivity contribution in [3.63, 3.8) is 0 Å². The van der Waals surface area contributed by atoms with Gasteiger partial charge in [0, 0.05) is 26.1 Å². The summed E-state index contributed by atoms with van der Waals surface area (Å²) in [5.41, 5.74) is -0.423. The van der Waals surface area contributed by atoms with Crippen LogP contribution in [0, 0.1) is 17.7 Å². The summed E-state index contributed by atoms with van der Waals surface area (Å²) in [5, 5.41) is 5.24. The fourth-order valence-corrected chi connectivity index (χ4v) is 5.54. The van der Waals surface area contributed by atoms with Gasteiger partial charge in [0.2, 0.25) is 11.8 Å². The predicted molar refractivity (Wildman–Crippen MR) is 150 cm³/mol. The van der Waals surface area contributed by atoms with E-state index in [-0.39, 0.29) is 44.5 Å². The zero-order chi connectivity index (χ0) is 33.3. The van der Waals surface area contributed by atoms with Gasteiger partial charge < -0.3 is 25.2 Å². The van der Waals surface area contributed by atoms with E-state index in [2.05, 4.69) is 15.4 Å². The third kappa shape index (κ3) is 8.37. The Morgan fingerprint density at radius 2 is 1.56 bits per heavy atom. The van der Waals surface area contributed by atoms with Crippen LogP contribution < -0.4 is 25.2 Å². The molecule has 8 nitrogen and oxygen atoms in total. The fourth-order valence-electron chi connectivity index (χ4n) is 5.54. The largest absolute Gasteiger partial charge is 0.573 e. The molecule has 1 atom stereocenters. The van der Waals surface area contributed by atoms with Crippen molar-refractivity contribution in [3.8, 4) is 5.75 Å². The third-order valence-corrected chi connectivity index (χ3v) is 8.07. The minimum Gasteiger partial charge on any atom is -0.406 e. The van der Waals surface area contributed by atoms with Crippen LogP contribution in [0.5, 0.6) is 5.75 Å². The molecule has 1 saturated carbocycles. The summed E-state index contributed by atoms with van der Waals surface area (Å²) in [4.78, 5) is 42.7. The quantitative estimate of drug-likeness (QED) is 0.391. The number of nitrogens with zero attached hydrogens (tertiary/aromatic N) is 2. The van der Waals surface area contributed by atoms with Crippen molar-refractivity contribution in [1.82, 2.24) is 10.6 Å². The van der Waals surface area contributed by atoms with E-state index in [1.54, 1.807) is 4.90 Å². The number of halogens is 7. The van der Waals surface area contributed by atoms with E-state index >= 15 is 0 Å². The lowest BCUT2D eigenvalue weighted by Gasteiger charge is -2.33. The number of anilines is 2. The second-order valence-electron chi connectivity index (χ2n) is 11.8. The van der Waals surface area contributed by atoms with E-state index < -0.39 is 65.2 Å². The molecule has 2 aliphatic rings. The molecular formula is C30H33F7N4O4. The van der Waals surface area contributed by atoms with Crippen LogP contribution >= 0.6 is 0 Å². The molecule has 1 fully saturated rings. The second-order valence-corrected chi connectivity index (χ2v) is 11.8. The maximum absolute atomic E-state index is 14.3. The van der Waals surface area contributed by atoms with Gasteiger partial charge in [-0.3, -0.25) is 14.4 Å². The minimum atomic E-state index is -4.87. The number of likely N-dealkylation sites (N-methyl/N-ethyl adjacent to an activating group) is 1. The van der Waals surface area contributed by atoms with Crippen molar-refractivity contribution in [3.05, 3.63) is 53.8 Å². The zero-order valence-electron chi connectivity index (χ0n) is 24.7. The number of ether oxygens (including phenoxy) is 1. The van der Waals surface area contributed by atoms with Gasteiger partial charge in [0.05, 0.1) is 17.3 Å². The molecule has 246 valence electrons. The summed E-state index contributed by atoms with van der Waals surface area (Å²) in [5.74, 6) is -5.13. The molecule has 0 bridgehead atoms. The molecule has 45 heavy (non-hydrogen) atoms. The van der Waals surface area contributed by atoms with E-state index in [4.69, 9.17) is 0 Å². The third-order valence-electron chi connectivity index (χ3n) is 8.07. The predicted octanol–water partition coefficient (Wildman–Crippen LogP) is 5.46. The van der Waals surface area contributed by atoms with Crippen molar-refractivity contribution in [1.29, 1.82) is 0 Å². The number of alkyl halides is 6. The number of carbonyl (C=O) groups excluding carboxylic acids is 3. The SMILES string of the molecule is CN1C(=O)[C@H](NC(=O)C(C)(C)NC(=O)C2CCC(C(F)(F)F)CC2)CN(Cc2ccc(OC(F)(F)F)cc2)c2ccc(F)cc21. The van der Waals surface area contributed by atoms with Gasteiger partial charge in [-0.2, -0.15) is 13.2 Å². The van der Waals surface area contributed by atoms with Crippen LogP contribution in [0.4, 0.5) is 42.1 Å². The van der Waals surface area contributed by atoms with Gasteiger partial charge in [0.15, 0.2) is 0 Å². The van der Waals surface area contributed by atoms with Gasteiger partial charge in [-0.25, -0.2) is 4.39 Å². The molecule has 2 N–H and O–H groups in total. The fraction of sp³-hybridized carbons (Fsp3) is 0.500. The topological polar surface area (TPSA) is 91.0 Å². The van der Waals surface area contributed by atoms with Crippen LogP contribution in [0.25, 0.3) is 0 Å². The number of hydrogen-bond acceptors (Lipinski definition) is 5. The Bertz CT molecular complexity index is 1400. The minimum absolute atomic E-state index is 0.0205. The molecule has 1 aliphatic carbocycles. The van der Waals surface area contributed by atoms with Gasteiger partial charge in [-0.1, -0.05) is 12.1 Å². The lowest BCUT2D eigenvalue weighted by molar-refractivity contribution is -0.274. The monoisotopic (exact) mass is 646 g/mol. The van der Waals surface area contributed by atoms with Gasteiger partial charge in [-0.15, -0.1) is 13.2 Å². The molecule has 0 saturated heterocycles. The maximum Gasteiger partial charge on any atom is 0.573 e. The Morgan fingerprint density at radius 1 is 0.933 bits per heavy atom. The van der Waals surface area contributed by atoms with E-state index in [1.807, 2.05) is 0 Å². The Balaban J connectivity index is 1.49. The first-order valence-electron chi connectivity index (χ1n) is 14.2. The Labute approximate surface area is 254 Å². The van der Waals surface area contributed by atoms with Gasteiger partial charge >= 0.3 is 12.5 Å². The van der Waals surface area contributed by atoms with Crippen molar-refractivity contribution in [2.75, 3.05) is 23.4 Å². The molecule has 15 heteroatoms. The highest BCUT2D eigenvalue weighted by Crippen LogP contribution is 2.40. The number of rotatable bonds is 7. The highest BCUT2D eigenvalue weighted by molar-refractivity contribution is 6.04. The molecule has 0 aromatic heterocycles. The first-order valence-corrected chi connectivity index (χ1v) is 14.2. The summed E-state index contributed by atoms with van der Waals surface area (Å²) >= 11 is 0. The highest BCUT2D eigenvalue weighted by Gasteiger charge is 2.44. The van der Waals surface area contributed by atoms with Crippen molar-refractivity contribution in [2.45, 2.75) is 70.2 Å². The number of carbonyl (C=O) groups is 3. The number of amides is 3. The highest BCUT2D eigenvalue weighted by atomic mass is 19.4. The van der Waals surface area contributed by atoms with Crippen molar-refractivity contribution >= 4 is 29.1 Å². The smallest absolute Gasteiger partial charge is 0.406 e. The standard InChI is InChI=1S/C30H33F7N4O4/c1-28(2,39-25(42)18-6-8-19(9-7-18)29(32,33)34)27(44)38-22-16-41(15-17-4-11-21(12-5-17)45-30(35,36)37)23-13-10-20(31)14-24(23)40(3)26(22)43/h4-5,10-14,18-19,22H,6-9,15-16H2,1-3H3,(H,38,44)(H,39,42)/t18?,19?,22-/m1/s1. The lowest BCUT2D eigenvalue weighted by atomic mass is 9.81. The lowest BCUT2D eigenvalue weighted by Crippen LogP contribution is -2.61. The second kappa shape index (κ2) is 12.8. The van der Waals surface area contributed by atoms with Crippen LogP contribution in [0.2, 0.25) is 0 Å². The number of nitrogens with one attached hydrogen (secondary N) is 2. The van der Waals surface area contributed by atoms with Crippen LogP contribution in [0.3, 0.4) is 0 Å². The summed E-state index contributed by atoms with van der Waals surface area (Å²) in [6.07, 6.45) is -9.54. The van der Waals surface area contributed by atoms with E-state index in [0.29, 0.717) is 11.3 Å². The Kier molecular flexibility index (Phi) is 9.59. The number of benzene rings is 2. The van der Waals surface area contributed by atoms with Crippen LogP contribution in [-0.2, 0) is 20.9 Å². The van der Waals surface area contributed by atoms with Crippen LogP contribution in [0.1, 0.15) is 45.1 Å².